The van der Waals surface area contributed by atoms with Crippen LogP contribution < -0.4 is 4.74 Å². The number of likely N-dealkylation sites (tertiary alicyclic amines) is 1. The number of pyridine rings is 1. The molecule has 1 atom stereocenters. The molecule has 1 aliphatic rings. The number of nitrogens with zero attached hydrogens (tertiary/aromatic N) is 3. The first kappa shape index (κ1) is 19.6. The van der Waals surface area contributed by atoms with Gasteiger partial charge in [0.05, 0.1) is 18.7 Å². The molecule has 0 saturated carbocycles. The Morgan fingerprint density at radius 1 is 1.25 bits per heavy atom. The van der Waals surface area contributed by atoms with E-state index in [1.807, 2.05) is 19.0 Å². The second-order valence-corrected chi connectivity index (χ2v) is 6.81. The molecular formula is C21H23N3O4. The van der Waals surface area contributed by atoms with Gasteiger partial charge in [-0.05, 0) is 37.9 Å². The van der Waals surface area contributed by atoms with Gasteiger partial charge in [0.2, 0.25) is 0 Å². The molecule has 1 aromatic heterocycles. The topological polar surface area (TPSA) is 83.0 Å². The van der Waals surface area contributed by atoms with Crippen LogP contribution in [0.25, 0.3) is 5.76 Å². The summed E-state index contributed by atoms with van der Waals surface area (Å²) in [7, 11) is 5.31. The van der Waals surface area contributed by atoms with E-state index in [1.54, 1.807) is 48.8 Å². The second-order valence-electron chi connectivity index (χ2n) is 6.81. The summed E-state index contributed by atoms with van der Waals surface area (Å²) in [5.41, 5.74) is 1.15. The van der Waals surface area contributed by atoms with Gasteiger partial charge in [-0.1, -0.05) is 18.2 Å². The molecule has 0 spiro atoms. The van der Waals surface area contributed by atoms with Crippen molar-refractivity contribution in [1.82, 2.24) is 14.8 Å². The highest BCUT2D eigenvalue weighted by molar-refractivity contribution is 6.46. The van der Waals surface area contributed by atoms with Gasteiger partial charge in [-0.15, -0.1) is 0 Å². The van der Waals surface area contributed by atoms with E-state index in [2.05, 4.69) is 4.98 Å². The number of likely N-dealkylation sites (N-methyl/N-ethyl adjacent to an activating group) is 1. The van der Waals surface area contributed by atoms with Crippen LogP contribution in [0, 0.1) is 0 Å². The Balaban J connectivity index is 2.13. The molecule has 1 unspecified atom stereocenters. The third kappa shape index (κ3) is 3.75. The highest BCUT2D eigenvalue weighted by atomic mass is 16.5. The Bertz CT molecular complexity index is 909. The van der Waals surface area contributed by atoms with Gasteiger partial charge in [0, 0.05) is 31.0 Å². The molecule has 1 aliphatic heterocycles. The minimum atomic E-state index is -0.701. The molecule has 1 fully saturated rings. The highest BCUT2D eigenvalue weighted by Gasteiger charge is 2.46. The van der Waals surface area contributed by atoms with Crippen LogP contribution in [0.1, 0.15) is 17.2 Å². The second kappa shape index (κ2) is 8.22. The summed E-state index contributed by atoms with van der Waals surface area (Å²) in [4.78, 5) is 33.1. The van der Waals surface area contributed by atoms with Gasteiger partial charge in [-0.2, -0.15) is 0 Å². The minimum absolute atomic E-state index is 0.0602. The van der Waals surface area contributed by atoms with Gasteiger partial charge in [0.15, 0.2) is 0 Å². The predicted molar refractivity (Wildman–Crippen MR) is 105 cm³/mol. The maximum atomic E-state index is 12.8. The first-order valence-electron chi connectivity index (χ1n) is 8.91. The molecule has 1 aromatic carbocycles. The van der Waals surface area contributed by atoms with Crippen LogP contribution in [0.2, 0.25) is 0 Å². The van der Waals surface area contributed by atoms with Gasteiger partial charge < -0.3 is 19.6 Å². The van der Waals surface area contributed by atoms with E-state index in [9.17, 15) is 14.7 Å². The molecule has 3 rings (SSSR count). The van der Waals surface area contributed by atoms with Crippen LogP contribution in [0.5, 0.6) is 5.75 Å². The number of aromatic nitrogens is 1. The summed E-state index contributed by atoms with van der Waals surface area (Å²) in [5, 5.41) is 10.9. The molecule has 0 radical (unpaired) electrons. The number of hydrogen-bond acceptors (Lipinski definition) is 6. The number of Topliss-reactive ketones (excluding diaryl/α,β-unsaturated/α-hetero) is 1. The standard InChI is InChI=1S/C21H23N3O4/c1-23(2)10-11-24-18(15-7-5-9-22-13-15)17(20(26)21(24)27)19(25)14-6-4-8-16(12-14)28-3/h4-9,12-13,18,25H,10-11H2,1-3H3/b19-17-. The smallest absolute Gasteiger partial charge is 0.295 e. The van der Waals surface area contributed by atoms with Crippen molar-refractivity contribution in [2.75, 3.05) is 34.3 Å². The number of rotatable bonds is 6. The molecular weight excluding hydrogens is 358 g/mol. The highest BCUT2D eigenvalue weighted by Crippen LogP contribution is 2.39. The van der Waals surface area contributed by atoms with Crippen LogP contribution >= 0.6 is 0 Å². The van der Waals surface area contributed by atoms with Crippen LogP contribution in [-0.4, -0.2) is 65.9 Å². The van der Waals surface area contributed by atoms with Crippen LogP contribution in [0.3, 0.4) is 0 Å². The summed E-state index contributed by atoms with van der Waals surface area (Å²) in [6, 6.07) is 9.60. The molecule has 1 saturated heterocycles. The van der Waals surface area contributed by atoms with Crippen LogP contribution in [-0.2, 0) is 9.59 Å². The number of ketones is 1. The van der Waals surface area contributed by atoms with E-state index in [4.69, 9.17) is 4.74 Å². The molecule has 0 aliphatic carbocycles. The quantitative estimate of drug-likeness (QED) is 0.469. The molecule has 2 heterocycles. The largest absolute Gasteiger partial charge is 0.507 e. The zero-order valence-electron chi connectivity index (χ0n) is 16.1. The summed E-state index contributed by atoms with van der Waals surface area (Å²) >= 11 is 0. The van der Waals surface area contributed by atoms with Crippen LogP contribution in [0.15, 0.2) is 54.4 Å². The number of benzene rings is 1. The maximum absolute atomic E-state index is 12.8. The Kier molecular flexibility index (Phi) is 5.75. The summed E-state index contributed by atoms with van der Waals surface area (Å²) in [6.45, 7) is 0.939. The maximum Gasteiger partial charge on any atom is 0.295 e. The first-order chi connectivity index (χ1) is 13.4. The number of aliphatic hydroxyl groups excluding tert-OH is 1. The lowest BCUT2D eigenvalue weighted by Crippen LogP contribution is -2.35. The number of carbonyl (C=O) groups excluding carboxylic acids is 2. The minimum Gasteiger partial charge on any atom is -0.507 e. The summed E-state index contributed by atoms with van der Waals surface area (Å²) in [6.07, 6.45) is 3.23. The number of amides is 1. The summed E-state index contributed by atoms with van der Waals surface area (Å²) < 4.78 is 5.20. The van der Waals surface area contributed by atoms with E-state index in [0.29, 0.717) is 30.0 Å². The Labute approximate surface area is 163 Å². The fraction of sp³-hybridized carbons (Fsp3) is 0.286. The van der Waals surface area contributed by atoms with Crippen molar-refractivity contribution in [2.45, 2.75) is 6.04 Å². The van der Waals surface area contributed by atoms with Gasteiger partial charge in [-0.3, -0.25) is 14.6 Å². The fourth-order valence-corrected chi connectivity index (χ4v) is 3.23. The zero-order valence-corrected chi connectivity index (χ0v) is 16.1. The van der Waals surface area contributed by atoms with Crippen molar-refractivity contribution in [3.63, 3.8) is 0 Å². The molecule has 0 bridgehead atoms. The number of ether oxygens (including phenoxy) is 1. The molecule has 146 valence electrons. The van der Waals surface area contributed by atoms with E-state index in [0.717, 1.165) is 0 Å². The predicted octanol–water partition coefficient (Wildman–Crippen LogP) is 2.07. The van der Waals surface area contributed by atoms with E-state index in [1.165, 1.54) is 12.0 Å². The summed E-state index contributed by atoms with van der Waals surface area (Å²) in [5.74, 6) is -1.00. The molecule has 7 heteroatoms. The number of hydrogen-bond donors (Lipinski definition) is 1. The normalized spacial score (nSPS) is 18.7. The average Bonchev–Trinajstić information content (AvgIpc) is 2.97. The zero-order chi connectivity index (χ0) is 20.3. The third-order valence-electron chi connectivity index (χ3n) is 4.67. The van der Waals surface area contributed by atoms with Crippen molar-refractivity contribution in [3.05, 3.63) is 65.5 Å². The van der Waals surface area contributed by atoms with Crippen molar-refractivity contribution in [1.29, 1.82) is 0 Å². The first-order valence-corrected chi connectivity index (χ1v) is 8.91. The lowest BCUT2D eigenvalue weighted by atomic mass is 9.96. The van der Waals surface area contributed by atoms with Gasteiger partial charge in [-0.25, -0.2) is 0 Å². The Hall–Kier alpha value is -3.19. The van der Waals surface area contributed by atoms with Crippen molar-refractivity contribution < 1.29 is 19.4 Å². The fourth-order valence-electron chi connectivity index (χ4n) is 3.23. The Morgan fingerprint density at radius 2 is 2.04 bits per heavy atom. The number of carbonyl (C=O) groups is 2. The molecule has 1 amide bonds. The number of methoxy groups -OCH3 is 1. The van der Waals surface area contributed by atoms with Crippen molar-refractivity contribution in [3.8, 4) is 5.75 Å². The molecule has 2 aromatic rings. The molecule has 7 nitrogen and oxygen atoms in total. The molecule has 1 N–H and O–H groups in total. The van der Waals surface area contributed by atoms with Crippen LogP contribution in [0.4, 0.5) is 0 Å². The van der Waals surface area contributed by atoms with Gasteiger partial charge >= 0.3 is 0 Å². The average molecular weight is 381 g/mol. The lowest BCUT2D eigenvalue weighted by molar-refractivity contribution is -0.140. The third-order valence-corrected chi connectivity index (χ3v) is 4.67. The van der Waals surface area contributed by atoms with Gasteiger partial charge in [0.25, 0.3) is 11.7 Å². The Morgan fingerprint density at radius 3 is 2.68 bits per heavy atom. The molecule has 28 heavy (non-hydrogen) atoms. The lowest BCUT2D eigenvalue weighted by Gasteiger charge is -2.26. The SMILES string of the molecule is COc1cccc(/C(O)=C2/C(=O)C(=O)N(CCN(C)C)C2c2cccnc2)c1. The van der Waals surface area contributed by atoms with Crippen molar-refractivity contribution >= 4 is 17.4 Å². The van der Waals surface area contributed by atoms with E-state index >= 15 is 0 Å². The van der Waals surface area contributed by atoms with E-state index in [-0.39, 0.29) is 11.3 Å². The monoisotopic (exact) mass is 381 g/mol. The van der Waals surface area contributed by atoms with Crippen molar-refractivity contribution in [2.24, 2.45) is 0 Å². The van der Waals surface area contributed by atoms with E-state index < -0.39 is 17.7 Å². The van der Waals surface area contributed by atoms with Gasteiger partial charge in [0.1, 0.15) is 11.5 Å². The number of aliphatic hydroxyl groups is 1.